The lowest BCUT2D eigenvalue weighted by atomic mass is 9.41. The van der Waals surface area contributed by atoms with Gasteiger partial charge in [-0.1, -0.05) is 34.1 Å². The van der Waals surface area contributed by atoms with Gasteiger partial charge in [-0.15, -0.1) is 0 Å². The van der Waals surface area contributed by atoms with Gasteiger partial charge in [0.1, 0.15) is 0 Å². The number of fused-ring (bicyclic) bond motifs is 5. The van der Waals surface area contributed by atoms with E-state index in [0.717, 1.165) is 51.4 Å². The largest absolute Gasteiger partial charge is 0.481 e. The van der Waals surface area contributed by atoms with Gasteiger partial charge in [-0.05, 0) is 97.2 Å². The highest BCUT2D eigenvalue weighted by Crippen LogP contribution is 2.69. The molecule has 4 aliphatic rings. The van der Waals surface area contributed by atoms with E-state index in [1.807, 2.05) is 0 Å². The Morgan fingerprint density at radius 1 is 1.03 bits per heavy atom. The lowest BCUT2D eigenvalue weighted by molar-refractivity contribution is -0.203. The maximum atomic E-state index is 12.3. The summed E-state index contributed by atoms with van der Waals surface area (Å²) in [4.78, 5) is 10.8. The summed E-state index contributed by atoms with van der Waals surface area (Å²) < 4.78 is 27.2. The van der Waals surface area contributed by atoms with Crippen LogP contribution in [-0.2, 0) is 14.8 Å². The summed E-state index contributed by atoms with van der Waals surface area (Å²) in [5.74, 6) is 0.849. The van der Waals surface area contributed by atoms with E-state index in [-0.39, 0.29) is 53.0 Å². The number of aliphatic hydroxyl groups excluding tert-OH is 2. The Balaban J connectivity index is 1.51. The lowest BCUT2D eigenvalue weighted by Crippen LogP contribution is -2.62. The Hall–Kier alpha value is -0.700. The van der Waals surface area contributed by atoms with Gasteiger partial charge in [0, 0.05) is 6.54 Å². The first-order valence-electron chi connectivity index (χ1n) is 13.9. The van der Waals surface area contributed by atoms with Gasteiger partial charge in [0.05, 0.1) is 24.4 Å². The molecule has 35 heavy (non-hydrogen) atoms. The minimum absolute atomic E-state index is 0.0732. The van der Waals surface area contributed by atoms with E-state index < -0.39 is 16.0 Å². The van der Waals surface area contributed by atoms with Crippen molar-refractivity contribution in [3.8, 4) is 0 Å². The van der Waals surface area contributed by atoms with Crippen LogP contribution in [0.25, 0.3) is 0 Å². The zero-order chi connectivity index (χ0) is 25.8. The number of nitrogens with one attached hydrogen (secondary N) is 1. The van der Waals surface area contributed by atoms with Crippen molar-refractivity contribution in [2.45, 2.75) is 97.7 Å². The number of rotatable bonds is 8. The lowest BCUT2D eigenvalue weighted by Gasteiger charge is -2.64. The smallest absolute Gasteiger partial charge is 0.304 e. The normalized spacial score (nSPS) is 46.3. The molecule has 4 saturated carbocycles. The minimum Gasteiger partial charge on any atom is -0.481 e. The molecule has 0 amide bonds. The molecule has 0 aromatic rings. The Morgan fingerprint density at radius 3 is 2.34 bits per heavy atom. The van der Waals surface area contributed by atoms with E-state index in [0.29, 0.717) is 30.2 Å². The molecule has 202 valence electrons. The van der Waals surface area contributed by atoms with Gasteiger partial charge in [-0.2, -0.15) is 0 Å². The monoisotopic (exact) mass is 513 g/mol. The Kier molecular flexibility index (Phi) is 7.72. The van der Waals surface area contributed by atoms with E-state index in [1.165, 1.54) is 0 Å². The van der Waals surface area contributed by atoms with Crippen molar-refractivity contribution in [1.29, 1.82) is 0 Å². The first-order chi connectivity index (χ1) is 16.3. The van der Waals surface area contributed by atoms with Crippen molar-refractivity contribution >= 4 is 16.0 Å². The number of aliphatic hydroxyl groups is 2. The maximum Gasteiger partial charge on any atom is 0.304 e. The zero-order valence-corrected chi connectivity index (χ0v) is 22.8. The number of carboxylic acid groups (broad SMARTS) is 1. The van der Waals surface area contributed by atoms with Crippen LogP contribution in [0.15, 0.2) is 0 Å². The fourth-order valence-corrected chi connectivity index (χ4v) is 10.7. The molecule has 0 spiro atoms. The highest BCUT2D eigenvalue weighted by atomic mass is 32.2. The summed E-state index contributed by atoms with van der Waals surface area (Å²) in [6.45, 7) is 9.47. The zero-order valence-electron chi connectivity index (χ0n) is 21.9. The number of sulfonamides is 1. The van der Waals surface area contributed by atoms with Crippen LogP contribution >= 0.6 is 0 Å². The number of carboxylic acids is 1. The summed E-state index contributed by atoms with van der Waals surface area (Å²) >= 11 is 0. The standard InChI is InChI=1S/C27H47NO6S/c1-5-18-22-14-17(29)8-11-27(22,4)21-9-12-26(3)19(6-7-20(26)24(21)25(18)32)16(2)15-28-35(33,34)13-10-23(30)31/h16-22,24-25,28-29,32H,5-15H2,1-4H3,(H,30,31)/t16-,17-,18-,19-,20+,21+,22+,24+,25-,26-,27-/m1/s1. The van der Waals surface area contributed by atoms with Crippen molar-refractivity contribution in [3.05, 3.63) is 0 Å². The molecule has 4 fully saturated rings. The second kappa shape index (κ2) is 9.88. The summed E-state index contributed by atoms with van der Waals surface area (Å²) in [7, 11) is -3.61. The van der Waals surface area contributed by atoms with Crippen LogP contribution < -0.4 is 4.72 Å². The number of carbonyl (C=O) groups is 1. The number of hydrogen-bond donors (Lipinski definition) is 4. The van der Waals surface area contributed by atoms with Gasteiger partial charge in [-0.25, -0.2) is 13.1 Å². The highest BCUT2D eigenvalue weighted by Gasteiger charge is 2.64. The van der Waals surface area contributed by atoms with Crippen molar-refractivity contribution in [1.82, 2.24) is 4.72 Å². The molecule has 4 rings (SSSR count). The van der Waals surface area contributed by atoms with Crippen LogP contribution in [0.4, 0.5) is 0 Å². The third kappa shape index (κ3) is 4.82. The molecule has 0 heterocycles. The average molecular weight is 514 g/mol. The maximum absolute atomic E-state index is 12.3. The van der Waals surface area contributed by atoms with Crippen molar-refractivity contribution in [2.75, 3.05) is 12.3 Å². The van der Waals surface area contributed by atoms with Crippen LogP contribution in [-0.4, -0.2) is 54.2 Å². The fraction of sp³-hybridized carbons (Fsp3) is 0.963. The predicted octanol–water partition coefficient (Wildman–Crippen LogP) is 3.64. The van der Waals surface area contributed by atoms with Crippen LogP contribution in [0.5, 0.6) is 0 Å². The molecule has 0 radical (unpaired) electrons. The molecule has 8 heteroatoms. The number of hydrogen-bond acceptors (Lipinski definition) is 5. The first kappa shape index (κ1) is 27.3. The van der Waals surface area contributed by atoms with Crippen LogP contribution in [0.2, 0.25) is 0 Å². The summed E-state index contributed by atoms with van der Waals surface area (Å²) in [6.07, 6.45) is 7.05. The minimum atomic E-state index is -3.61. The van der Waals surface area contributed by atoms with Crippen molar-refractivity contribution in [3.63, 3.8) is 0 Å². The third-order valence-electron chi connectivity index (χ3n) is 11.4. The van der Waals surface area contributed by atoms with Gasteiger partial charge in [-0.3, -0.25) is 4.79 Å². The summed E-state index contributed by atoms with van der Waals surface area (Å²) in [6, 6.07) is 0. The summed E-state index contributed by atoms with van der Waals surface area (Å²) in [5.41, 5.74) is 0.248. The van der Waals surface area contributed by atoms with Crippen molar-refractivity contribution in [2.24, 2.45) is 52.3 Å². The van der Waals surface area contributed by atoms with E-state index in [2.05, 4.69) is 32.4 Å². The van der Waals surface area contributed by atoms with Crippen LogP contribution in [0.3, 0.4) is 0 Å². The van der Waals surface area contributed by atoms with Gasteiger partial charge in [0.15, 0.2) is 0 Å². The summed E-state index contributed by atoms with van der Waals surface area (Å²) in [5, 5.41) is 31.1. The Labute approximate surface area is 211 Å². The molecule has 0 unspecified atom stereocenters. The van der Waals surface area contributed by atoms with E-state index in [9.17, 15) is 23.4 Å². The Morgan fingerprint density at radius 2 is 1.69 bits per heavy atom. The molecule has 11 atom stereocenters. The van der Waals surface area contributed by atoms with Crippen LogP contribution in [0, 0.1) is 52.3 Å². The SMILES string of the molecule is CC[C@H]1[C@@H](O)[C@@H]2[C@H](CC[C@]3(C)[C@@H]([C@H](C)CNS(=O)(=O)CCC(=O)O)CC[C@@H]23)[C@@]2(C)CC[C@@H](O)C[C@@H]12. The first-order valence-corrected chi connectivity index (χ1v) is 15.5. The fourth-order valence-electron chi connectivity index (χ4n) is 9.63. The Bertz CT molecular complexity index is 894. The van der Waals surface area contributed by atoms with Gasteiger partial charge in [0.25, 0.3) is 0 Å². The van der Waals surface area contributed by atoms with Crippen molar-refractivity contribution < 1.29 is 28.5 Å². The second-order valence-corrected chi connectivity index (χ2v) is 14.8. The van der Waals surface area contributed by atoms with E-state index >= 15 is 0 Å². The predicted molar refractivity (Wildman–Crippen MR) is 135 cm³/mol. The molecular weight excluding hydrogens is 466 g/mol. The molecule has 0 aromatic heterocycles. The molecular formula is C27H47NO6S. The molecule has 0 bridgehead atoms. The van der Waals surface area contributed by atoms with Crippen LogP contribution in [0.1, 0.15) is 85.5 Å². The number of aliphatic carboxylic acids is 1. The molecule has 0 aliphatic heterocycles. The molecule has 4 aliphatic carbocycles. The molecule has 0 aromatic carbocycles. The molecule has 4 N–H and O–H groups in total. The second-order valence-electron chi connectivity index (χ2n) is 12.9. The molecule has 0 saturated heterocycles. The average Bonchev–Trinajstić information content (AvgIpc) is 3.15. The van der Waals surface area contributed by atoms with Gasteiger partial charge in [0.2, 0.25) is 10.0 Å². The van der Waals surface area contributed by atoms with Gasteiger partial charge < -0.3 is 15.3 Å². The van der Waals surface area contributed by atoms with E-state index in [4.69, 9.17) is 5.11 Å². The third-order valence-corrected chi connectivity index (χ3v) is 12.7. The topological polar surface area (TPSA) is 124 Å². The quantitative estimate of drug-likeness (QED) is 0.393. The highest BCUT2D eigenvalue weighted by molar-refractivity contribution is 7.89. The van der Waals surface area contributed by atoms with Gasteiger partial charge >= 0.3 is 5.97 Å². The molecule has 7 nitrogen and oxygen atoms in total. The van der Waals surface area contributed by atoms with E-state index in [1.54, 1.807) is 0 Å².